The van der Waals surface area contributed by atoms with Gasteiger partial charge in [-0.25, -0.2) is 4.98 Å². The molecule has 0 amide bonds. The van der Waals surface area contributed by atoms with Gasteiger partial charge in [0.2, 0.25) is 0 Å². The number of allylic oxidation sites excluding steroid dienone is 2. The van der Waals surface area contributed by atoms with Gasteiger partial charge in [0.1, 0.15) is 11.4 Å². The second-order valence-electron chi connectivity index (χ2n) is 9.23. The van der Waals surface area contributed by atoms with Gasteiger partial charge in [-0.05, 0) is 75.3 Å². The first-order valence-electron chi connectivity index (χ1n) is 13.4. The molecule has 2 aromatic rings. The number of hydrogen-bond acceptors (Lipinski definition) is 4. The number of Topliss-reactive ketones (excluding diaryl/α,β-unsaturated/α-hetero) is 1. The smallest absolute Gasteiger partial charge is 0.178 e. The van der Waals surface area contributed by atoms with Crippen molar-refractivity contribution >= 4 is 12.0 Å². The number of rotatable bonds is 9. The molecule has 0 N–H and O–H groups in total. The summed E-state index contributed by atoms with van der Waals surface area (Å²) in [5.74, 6) is 3.10. The summed E-state index contributed by atoms with van der Waals surface area (Å²) in [5, 5.41) is 0. The molecule has 1 aromatic carbocycles. The molecule has 1 unspecified atom stereocenters. The number of carbonyl (C=O) groups excluding carboxylic acids is 1. The quantitative estimate of drug-likeness (QED) is 0.192. The maximum atomic E-state index is 11.0. The molecule has 0 saturated heterocycles. The molecule has 0 spiro atoms. The maximum absolute atomic E-state index is 11.0. The summed E-state index contributed by atoms with van der Waals surface area (Å²) in [6.45, 7) is 27.8. The Balaban J connectivity index is 0. The molecule has 0 bridgehead atoms. The monoisotopic (exact) mass is 508 g/mol. The predicted octanol–water partition coefficient (Wildman–Crippen LogP) is 9.46. The van der Waals surface area contributed by atoms with Gasteiger partial charge >= 0.3 is 0 Å². The minimum atomic E-state index is 0.0335. The van der Waals surface area contributed by atoms with Gasteiger partial charge in [-0.2, -0.15) is 0 Å². The van der Waals surface area contributed by atoms with Gasteiger partial charge in [-0.15, -0.1) is 0 Å². The Morgan fingerprint density at radius 2 is 1.65 bits per heavy atom. The lowest BCUT2D eigenvalue weighted by atomic mass is 9.94. The molecule has 1 heterocycles. The number of ether oxygens (including phenoxy) is 1. The predicted molar refractivity (Wildman–Crippen MR) is 163 cm³/mol. The average Bonchev–Trinajstić information content (AvgIpc) is 2.85. The number of aliphatic imine (C=N–C) groups is 1. The Kier molecular flexibility index (Phi) is 20.6. The van der Waals surface area contributed by atoms with Crippen LogP contribution < -0.4 is 4.74 Å². The van der Waals surface area contributed by atoms with Crippen molar-refractivity contribution in [3.05, 3.63) is 83.4 Å². The van der Waals surface area contributed by atoms with Crippen LogP contribution in [0.25, 0.3) is 0 Å². The second kappa shape index (κ2) is 21.1. The topological polar surface area (TPSA) is 51.5 Å². The molecule has 1 aromatic heterocycles. The third-order valence-electron chi connectivity index (χ3n) is 5.45. The van der Waals surface area contributed by atoms with E-state index in [9.17, 15) is 4.79 Å². The molecule has 0 radical (unpaired) electrons. The van der Waals surface area contributed by atoms with Crippen LogP contribution in [0.15, 0.2) is 60.3 Å². The first-order valence-corrected chi connectivity index (χ1v) is 13.4. The first-order chi connectivity index (χ1) is 17.5. The van der Waals surface area contributed by atoms with Crippen LogP contribution in [0.2, 0.25) is 0 Å². The van der Waals surface area contributed by atoms with Crippen LogP contribution in [0.4, 0.5) is 0 Å². The number of hydrogen-bond donors (Lipinski definition) is 0. The third-order valence-corrected chi connectivity index (χ3v) is 5.45. The van der Waals surface area contributed by atoms with Crippen molar-refractivity contribution in [1.29, 1.82) is 0 Å². The summed E-state index contributed by atoms with van der Waals surface area (Å²) < 4.78 is 6.02. The molecule has 37 heavy (non-hydrogen) atoms. The molecule has 0 aliphatic rings. The third kappa shape index (κ3) is 16.4. The van der Waals surface area contributed by atoms with Gasteiger partial charge in [0.15, 0.2) is 5.78 Å². The zero-order valence-electron chi connectivity index (χ0n) is 25.4. The summed E-state index contributed by atoms with van der Waals surface area (Å²) in [6.07, 6.45) is 6.77. The van der Waals surface area contributed by atoms with Crippen LogP contribution in [0.1, 0.15) is 93.7 Å². The molecule has 4 nitrogen and oxygen atoms in total. The normalized spacial score (nSPS) is 10.7. The van der Waals surface area contributed by atoms with E-state index in [1.807, 2.05) is 39.8 Å². The molecule has 1 atom stereocenters. The SMILES string of the molecule is C=C(Oc1cc(C)ccc1C)C(CC)CCC(C)C.C=CC=NC.CC.CC(=O)c1nc(C)ccc1C. The first kappa shape index (κ1) is 36.1. The van der Waals surface area contributed by atoms with Gasteiger partial charge < -0.3 is 4.74 Å². The molecule has 4 heteroatoms. The Labute approximate surface area is 228 Å². The maximum Gasteiger partial charge on any atom is 0.178 e. The fraction of sp³-hybridized carbons (Fsp3) is 0.485. The van der Waals surface area contributed by atoms with Crippen LogP contribution >= 0.6 is 0 Å². The lowest BCUT2D eigenvalue weighted by molar-refractivity contribution is 0.101. The van der Waals surface area contributed by atoms with Gasteiger partial charge in [0.05, 0.1) is 5.76 Å². The van der Waals surface area contributed by atoms with E-state index in [0.29, 0.717) is 11.6 Å². The van der Waals surface area contributed by atoms with Gasteiger partial charge in [-0.3, -0.25) is 9.79 Å². The number of pyridine rings is 1. The molecule has 0 saturated carbocycles. The van der Waals surface area contributed by atoms with Crippen molar-refractivity contribution in [3.63, 3.8) is 0 Å². The molecule has 0 aliphatic carbocycles. The summed E-state index contributed by atoms with van der Waals surface area (Å²) in [4.78, 5) is 18.7. The van der Waals surface area contributed by atoms with Crippen molar-refractivity contribution in [3.8, 4) is 5.75 Å². The van der Waals surface area contributed by atoms with Gasteiger partial charge in [0.25, 0.3) is 0 Å². The van der Waals surface area contributed by atoms with Crippen molar-refractivity contribution in [1.82, 2.24) is 4.98 Å². The Morgan fingerprint density at radius 1 is 1.05 bits per heavy atom. The van der Waals surface area contributed by atoms with Gasteiger partial charge in [-0.1, -0.05) is 78.5 Å². The van der Waals surface area contributed by atoms with Crippen molar-refractivity contribution in [2.45, 2.75) is 88.5 Å². The number of nitrogens with zero attached hydrogens (tertiary/aromatic N) is 2. The lowest BCUT2D eigenvalue weighted by Gasteiger charge is -2.20. The van der Waals surface area contributed by atoms with Crippen molar-refractivity contribution in [2.75, 3.05) is 7.05 Å². The molecular formula is C33H52N2O2. The van der Waals surface area contributed by atoms with Crippen LogP contribution in [0, 0.1) is 39.5 Å². The average molecular weight is 509 g/mol. The highest BCUT2D eigenvalue weighted by Gasteiger charge is 2.14. The molecule has 0 fully saturated rings. The van der Waals surface area contributed by atoms with Crippen LogP contribution in [-0.2, 0) is 0 Å². The van der Waals surface area contributed by atoms with E-state index in [-0.39, 0.29) is 5.78 Å². The minimum absolute atomic E-state index is 0.0335. The largest absolute Gasteiger partial charge is 0.462 e. The van der Waals surface area contributed by atoms with E-state index in [0.717, 1.165) is 41.5 Å². The number of aryl methyl sites for hydroxylation is 4. The standard InChI is InChI=1S/C18H28O.C9H11NO.C4H7N.C2H6/c1-7-17(11-8-13(2)3)16(6)19-18-12-14(4)9-10-15(18)5;1-6-4-5-7(2)10-9(6)8(3)11;1-3-4-5-2;1-2/h9-10,12-13,17H,6-8,11H2,1-5H3;4-5H,1-3H3;3-4H,1H2,2H3;1-2H3. The van der Waals surface area contributed by atoms with E-state index in [1.165, 1.54) is 24.5 Å². The number of ketones is 1. The lowest BCUT2D eigenvalue weighted by Crippen LogP contribution is -2.10. The van der Waals surface area contributed by atoms with Crippen molar-refractivity contribution < 1.29 is 9.53 Å². The van der Waals surface area contributed by atoms with E-state index < -0.39 is 0 Å². The molecule has 2 rings (SSSR count). The number of carbonyl (C=O) groups is 1. The van der Waals surface area contributed by atoms with Crippen molar-refractivity contribution in [2.24, 2.45) is 16.8 Å². The van der Waals surface area contributed by atoms with Gasteiger partial charge in [0, 0.05) is 31.8 Å². The highest BCUT2D eigenvalue weighted by molar-refractivity contribution is 5.93. The number of aromatic nitrogens is 1. The Hall–Kier alpha value is -3.01. The zero-order chi connectivity index (χ0) is 29.0. The van der Waals surface area contributed by atoms with E-state index in [4.69, 9.17) is 4.74 Å². The minimum Gasteiger partial charge on any atom is -0.462 e. The molecule has 206 valence electrons. The molecular weight excluding hydrogens is 456 g/mol. The second-order valence-corrected chi connectivity index (χ2v) is 9.23. The van der Waals surface area contributed by atoms with E-state index >= 15 is 0 Å². The van der Waals surface area contributed by atoms with E-state index in [2.05, 4.69) is 76.0 Å². The highest BCUT2D eigenvalue weighted by Crippen LogP contribution is 2.27. The van der Waals surface area contributed by atoms with E-state index in [1.54, 1.807) is 19.3 Å². The fourth-order valence-corrected chi connectivity index (χ4v) is 3.26. The fourth-order valence-electron chi connectivity index (χ4n) is 3.26. The summed E-state index contributed by atoms with van der Waals surface area (Å²) >= 11 is 0. The summed E-state index contributed by atoms with van der Waals surface area (Å²) in [5.41, 5.74) is 4.82. The van der Waals surface area contributed by atoms with Crippen LogP contribution in [-0.4, -0.2) is 24.0 Å². The summed E-state index contributed by atoms with van der Waals surface area (Å²) in [6, 6.07) is 10.1. The Morgan fingerprint density at radius 3 is 2.08 bits per heavy atom. The number of benzene rings is 1. The Bertz CT molecular complexity index is 974. The molecule has 0 aliphatic heterocycles. The zero-order valence-corrected chi connectivity index (χ0v) is 25.4. The summed E-state index contributed by atoms with van der Waals surface area (Å²) in [7, 11) is 1.71. The van der Waals surface area contributed by atoms with Crippen LogP contribution in [0.3, 0.4) is 0 Å². The highest BCUT2D eigenvalue weighted by atomic mass is 16.5. The van der Waals surface area contributed by atoms with Crippen LogP contribution in [0.5, 0.6) is 5.75 Å².